The highest BCUT2D eigenvalue weighted by Gasteiger charge is 2.21. The Kier molecular flexibility index (Phi) is 6.92. The van der Waals surface area contributed by atoms with E-state index in [-0.39, 0.29) is 42.0 Å². The molecule has 1 rings (SSSR count). The van der Waals surface area contributed by atoms with Crippen molar-refractivity contribution >= 4 is 23.5 Å². The Morgan fingerprint density at radius 2 is 2.18 bits per heavy atom. The minimum absolute atomic E-state index is 0.0383. The number of aromatic nitrogens is 1. The largest absolute Gasteiger partial charge is 0.496 e. The van der Waals surface area contributed by atoms with Gasteiger partial charge in [0.25, 0.3) is 0 Å². The smallest absolute Gasteiger partial charge is 0.404 e. The molecule has 0 aromatic carbocycles. The first-order chi connectivity index (χ1) is 10.5. The molecule has 0 aliphatic rings. The van der Waals surface area contributed by atoms with Crippen LogP contribution in [0.1, 0.15) is 23.2 Å². The van der Waals surface area contributed by atoms with Crippen molar-refractivity contribution in [1.82, 2.24) is 4.98 Å². The Balaban J connectivity index is 2.87. The van der Waals surface area contributed by atoms with Crippen LogP contribution in [0.15, 0.2) is 6.07 Å². The van der Waals surface area contributed by atoms with Crippen molar-refractivity contribution in [1.29, 1.82) is 5.26 Å². The molecule has 8 nitrogen and oxygen atoms in total. The number of nitrogens with two attached hydrogens (primary N) is 1. The maximum Gasteiger partial charge on any atom is 0.404 e. The summed E-state index contributed by atoms with van der Waals surface area (Å²) in [6, 6.07) is 3.11. The van der Waals surface area contributed by atoms with Gasteiger partial charge in [0.2, 0.25) is 5.88 Å². The summed E-state index contributed by atoms with van der Waals surface area (Å²) in [6.07, 6.45) is -0.890. The molecule has 0 saturated carbocycles. The van der Waals surface area contributed by atoms with Crippen molar-refractivity contribution in [2.45, 2.75) is 12.8 Å². The highest BCUT2D eigenvalue weighted by Crippen LogP contribution is 2.31. The second kappa shape index (κ2) is 8.69. The number of hydrogen-bond acceptors (Lipinski definition) is 7. The Bertz CT molecular complexity index is 600. The molecule has 1 amide bonds. The summed E-state index contributed by atoms with van der Waals surface area (Å²) in [5, 5.41) is 8.72. The summed E-state index contributed by atoms with van der Waals surface area (Å²) in [6.45, 7) is 0.172. The quantitative estimate of drug-likeness (QED) is 0.437. The molecule has 2 N–H and O–H groups in total. The summed E-state index contributed by atoms with van der Waals surface area (Å²) in [4.78, 5) is 26.3. The molecule has 118 valence electrons. The first-order valence-electron chi connectivity index (χ1n) is 6.19. The molecule has 0 bridgehead atoms. The molecule has 0 saturated heterocycles. The maximum absolute atomic E-state index is 12.0. The fourth-order valence-corrected chi connectivity index (χ4v) is 1.73. The third kappa shape index (κ3) is 5.10. The van der Waals surface area contributed by atoms with Gasteiger partial charge < -0.3 is 19.9 Å². The lowest BCUT2D eigenvalue weighted by Crippen LogP contribution is -2.15. The Morgan fingerprint density at radius 3 is 2.77 bits per heavy atom. The third-order valence-corrected chi connectivity index (χ3v) is 2.62. The lowest BCUT2D eigenvalue weighted by molar-refractivity contribution is 0.0989. The lowest BCUT2D eigenvalue weighted by Gasteiger charge is -2.13. The number of pyridine rings is 1. The predicted molar refractivity (Wildman–Crippen MR) is 76.0 cm³/mol. The molecule has 0 unspecified atom stereocenters. The zero-order valence-corrected chi connectivity index (χ0v) is 12.6. The molecule has 1 heterocycles. The van der Waals surface area contributed by atoms with E-state index in [0.29, 0.717) is 6.42 Å². The van der Waals surface area contributed by atoms with Crippen molar-refractivity contribution in [2.24, 2.45) is 5.73 Å². The van der Waals surface area contributed by atoms with E-state index in [2.05, 4.69) is 9.72 Å². The highest BCUT2D eigenvalue weighted by molar-refractivity contribution is 6.29. The minimum atomic E-state index is -0.882. The summed E-state index contributed by atoms with van der Waals surface area (Å²) in [5.74, 6) is -0.362. The lowest BCUT2D eigenvalue weighted by atomic mass is 10.1. The number of ether oxygens (including phenoxy) is 3. The molecule has 1 aromatic heterocycles. The Morgan fingerprint density at radius 1 is 1.45 bits per heavy atom. The summed E-state index contributed by atoms with van der Waals surface area (Å²) in [7, 11) is 1.36. The number of methoxy groups -OCH3 is 1. The number of Topliss-reactive ketones (excluding diaryl/α,β-unsaturated/α-hetero) is 1. The number of nitrogens with zero attached hydrogens (tertiary/aromatic N) is 2. The summed E-state index contributed by atoms with van der Waals surface area (Å²) < 4.78 is 15.0. The Hall–Kier alpha value is -2.53. The Labute approximate surface area is 131 Å². The first-order valence-corrected chi connectivity index (χ1v) is 6.57. The van der Waals surface area contributed by atoms with Gasteiger partial charge in [0.15, 0.2) is 5.78 Å². The third-order valence-electron chi connectivity index (χ3n) is 2.43. The molecule has 0 aliphatic carbocycles. The van der Waals surface area contributed by atoms with Gasteiger partial charge in [-0.15, -0.1) is 0 Å². The van der Waals surface area contributed by atoms with Crippen LogP contribution in [0, 0.1) is 11.3 Å². The van der Waals surface area contributed by atoms with Gasteiger partial charge >= 0.3 is 6.09 Å². The van der Waals surface area contributed by atoms with Gasteiger partial charge in [-0.25, -0.2) is 9.78 Å². The van der Waals surface area contributed by atoms with Gasteiger partial charge in [0.1, 0.15) is 16.5 Å². The maximum atomic E-state index is 12.0. The number of ketones is 1. The van der Waals surface area contributed by atoms with Crippen LogP contribution in [0.5, 0.6) is 11.6 Å². The van der Waals surface area contributed by atoms with Crippen molar-refractivity contribution in [3.63, 3.8) is 0 Å². The monoisotopic (exact) mass is 327 g/mol. The highest BCUT2D eigenvalue weighted by atomic mass is 35.5. The molecule has 0 atom stereocenters. The molecule has 0 aliphatic heterocycles. The van der Waals surface area contributed by atoms with Crippen molar-refractivity contribution < 1.29 is 23.8 Å². The van der Waals surface area contributed by atoms with Crippen LogP contribution in [0.3, 0.4) is 0 Å². The van der Waals surface area contributed by atoms with Crippen LogP contribution < -0.4 is 15.2 Å². The van der Waals surface area contributed by atoms with Crippen LogP contribution in [0.25, 0.3) is 0 Å². The number of primary amides is 1. The zero-order chi connectivity index (χ0) is 16.5. The van der Waals surface area contributed by atoms with Gasteiger partial charge in [0.05, 0.1) is 32.8 Å². The first kappa shape index (κ1) is 17.5. The van der Waals surface area contributed by atoms with E-state index in [0.717, 1.165) is 0 Å². The minimum Gasteiger partial charge on any atom is -0.496 e. The van der Waals surface area contributed by atoms with Crippen LogP contribution in [-0.2, 0) is 4.74 Å². The van der Waals surface area contributed by atoms with Gasteiger partial charge in [-0.3, -0.25) is 4.79 Å². The summed E-state index contributed by atoms with van der Waals surface area (Å²) >= 11 is 5.83. The van der Waals surface area contributed by atoms with E-state index in [1.54, 1.807) is 6.07 Å². The average molecular weight is 328 g/mol. The van der Waals surface area contributed by atoms with Gasteiger partial charge in [0, 0.05) is 12.5 Å². The van der Waals surface area contributed by atoms with E-state index in [9.17, 15) is 9.59 Å². The van der Waals surface area contributed by atoms with Crippen LogP contribution in [-0.4, -0.2) is 37.2 Å². The van der Waals surface area contributed by atoms with Gasteiger partial charge in [-0.1, -0.05) is 11.6 Å². The molecule has 0 spiro atoms. The second-order valence-corrected chi connectivity index (χ2v) is 4.34. The SMILES string of the molecule is COc1cc(Cl)nc(OCCCOC(N)=O)c1C(=O)CC#N. The fourth-order valence-electron chi connectivity index (χ4n) is 1.55. The second-order valence-electron chi connectivity index (χ2n) is 3.95. The van der Waals surface area contributed by atoms with Gasteiger partial charge in [-0.05, 0) is 0 Å². The molecule has 9 heteroatoms. The van der Waals surface area contributed by atoms with E-state index in [4.69, 9.17) is 32.1 Å². The van der Waals surface area contributed by atoms with Crippen molar-refractivity contribution in [3.05, 3.63) is 16.8 Å². The van der Waals surface area contributed by atoms with Crippen LogP contribution in [0.4, 0.5) is 4.79 Å². The number of carbonyl (C=O) groups excluding carboxylic acids is 2. The van der Waals surface area contributed by atoms with Crippen molar-refractivity contribution in [2.75, 3.05) is 20.3 Å². The number of amides is 1. The molecule has 0 fully saturated rings. The number of nitriles is 1. The predicted octanol–water partition coefficient (Wildman–Crippen LogP) is 1.70. The zero-order valence-electron chi connectivity index (χ0n) is 11.8. The summed E-state index contributed by atoms with van der Waals surface area (Å²) in [5.41, 5.74) is 4.86. The molecule has 0 radical (unpaired) electrons. The molecular weight excluding hydrogens is 314 g/mol. The van der Waals surface area contributed by atoms with Crippen LogP contribution in [0.2, 0.25) is 5.15 Å². The van der Waals surface area contributed by atoms with Crippen molar-refractivity contribution in [3.8, 4) is 17.7 Å². The van der Waals surface area contributed by atoms with E-state index < -0.39 is 11.9 Å². The van der Waals surface area contributed by atoms with E-state index >= 15 is 0 Å². The number of hydrogen-bond donors (Lipinski definition) is 1. The number of carbonyl (C=O) groups is 2. The fraction of sp³-hybridized carbons (Fsp3) is 0.385. The number of rotatable bonds is 8. The molecular formula is C13H14ClN3O5. The normalized spacial score (nSPS) is 9.68. The topological polar surface area (TPSA) is 125 Å². The van der Waals surface area contributed by atoms with Gasteiger partial charge in [-0.2, -0.15) is 5.26 Å². The standard InChI is InChI=1S/C13H14ClN3O5/c1-20-9-7-10(14)17-12(11(9)8(18)3-4-15)21-5-2-6-22-13(16)19/h7H,2-3,5-6H2,1H3,(H2,16,19). The molecule has 1 aromatic rings. The van der Waals surface area contributed by atoms with E-state index in [1.165, 1.54) is 13.2 Å². The number of halogens is 1. The molecule has 22 heavy (non-hydrogen) atoms. The van der Waals surface area contributed by atoms with Crippen LogP contribution >= 0.6 is 11.6 Å². The average Bonchev–Trinajstić information content (AvgIpc) is 2.45. The van der Waals surface area contributed by atoms with E-state index in [1.807, 2.05) is 0 Å².